The summed E-state index contributed by atoms with van der Waals surface area (Å²) >= 11 is 12.2. The number of hydrogen-bond donors (Lipinski definition) is 1. The number of amides is 2. The Kier molecular flexibility index (Phi) is 11.4. The number of aryl methyl sites for hydroxylation is 1. The predicted molar refractivity (Wildman–Crippen MR) is 161 cm³/mol. The van der Waals surface area contributed by atoms with E-state index in [9.17, 15) is 18.0 Å². The van der Waals surface area contributed by atoms with Crippen molar-refractivity contribution < 1.29 is 18.0 Å². The van der Waals surface area contributed by atoms with E-state index < -0.39 is 28.5 Å². The highest BCUT2D eigenvalue weighted by atomic mass is 35.5. The lowest BCUT2D eigenvalue weighted by atomic mass is 10.1. The molecule has 40 heavy (non-hydrogen) atoms. The van der Waals surface area contributed by atoms with Crippen LogP contribution >= 0.6 is 23.2 Å². The average Bonchev–Trinajstić information content (AvgIpc) is 2.93. The van der Waals surface area contributed by atoms with E-state index in [0.29, 0.717) is 34.3 Å². The minimum Gasteiger partial charge on any atom is -0.354 e. The van der Waals surface area contributed by atoms with Gasteiger partial charge in [-0.05, 0) is 73.4 Å². The Balaban J connectivity index is 2.05. The first kappa shape index (κ1) is 31.5. The smallest absolute Gasteiger partial charge is 0.264 e. The Morgan fingerprint density at radius 1 is 0.925 bits per heavy atom. The van der Waals surface area contributed by atoms with Crippen LogP contribution in [0.2, 0.25) is 10.0 Å². The summed E-state index contributed by atoms with van der Waals surface area (Å²) in [6.07, 6.45) is 2.08. The number of carbonyl (C=O) groups excluding carboxylic acids is 2. The van der Waals surface area contributed by atoms with Gasteiger partial charge < -0.3 is 10.2 Å². The molecule has 0 unspecified atom stereocenters. The molecule has 0 radical (unpaired) electrons. The van der Waals surface area contributed by atoms with Crippen LogP contribution in [-0.4, -0.2) is 44.3 Å². The minimum atomic E-state index is -4.14. The Morgan fingerprint density at radius 3 is 2.17 bits per heavy atom. The number of anilines is 1. The van der Waals surface area contributed by atoms with E-state index in [1.54, 1.807) is 67.6 Å². The van der Waals surface area contributed by atoms with Crippen molar-refractivity contribution in [3.8, 4) is 0 Å². The third-order valence-electron chi connectivity index (χ3n) is 6.52. The van der Waals surface area contributed by atoms with Gasteiger partial charge in [0.2, 0.25) is 11.8 Å². The van der Waals surface area contributed by atoms with Crippen LogP contribution in [0.15, 0.2) is 77.7 Å². The summed E-state index contributed by atoms with van der Waals surface area (Å²) in [7, 11) is -4.14. The minimum absolute atomic E-state index is 0.0470. The van der Waals surface area contributed by atoms with Gasteiger partial charge in [0.15, 0.2) is 0 Å². The van der Waals surface area contributed by atoms with Crippen molar-refractivity contribution in [3.05, 3.63) is 94.0 Å². The van der Waals surface area contributed by atoms with Gasteiger partial charge in [0.1, 0.15) is 12.6 Å². The van der Waals surface area contributed by atoms with Gasteiger partial charge >= 0.3 is 0 Å². The van der Waals surface area contributed by atoms with Crippen molar-refractivity contribution in [2.24, 2.45) is 0 Å². The molecule has 10 heteroatoms. The van der Waals surface area contributed by atoms with Crippen LogP contribution in [0.5, 0.6) is 0 Å². The molecule has 214 valence electrons. The first-order valence-electron chi connectivity index (χ1n) is 13.2. The Morgan fingerprint density at radius 2 is 1.57 bits per heavy atom. The number of rotatable bonds is 13. The van der Waals surface area contributed by atoms with Gasteiger partial charge in [0.05, 0.1) is 10.6 Å². The molecule has 1 atom stereocenters. The molecule has 7 nitrogen and oxygen atoms in total. The average molecular weight is 605 g/mol. The van der Waals surface area contributed by atoms with Crippen molar-refractivity contribution in [2.45, 2.75) is 57.5 Å². The second-order valence-corrected chi connectivity index (χ2v) is 12.2. The molecule has 0 aliphatic heterocycles. The molecule has 2 amide bonds. The van der Waals surface area contributed by atoms with Crippen LogP contribution in [0.3, 0.4) is 0 Å². The highest BCUT2D eigenvalue weighted by Gasteiger charge is 2.34. The maximum atomic E-state index is 14.1. The number of hydrogen-bond acceptors (Lipinski definition) is 4. The van der Waals surface area contributed by atoms with Crippen LogP contribution in [0.4, 0.5) is 5.69 Å². The number of nitrogens with zero attached hydrogens (tertiary/aromatic N) is 2. The molecular weight excluding hydrogens is 569 g/mol. The molecule has 3 aromatic rings. The van der Waals surface area contributed by atoms with Crippen LogP contribution < -0.4 is 9.62 Å². The third kappa shape index (κ3) is 7.99. The quantitative estimate of drug-likeness (QED) is 0.235. The lowest BCUT2D eigenvalue weighted by Crippen LogP contribution is -2.52. The van der Waals surface area contributed by atoms with E-state index >= 15 is 0 Å². The normalized spacial score (nSPS) is 12.0. The van der Waals surface area contributed by atoms with Crippen molar-refractivity contribution in [2.75, 3.05) is 17.4 Å². The number of benzene rings is 3. The molecule has 0 heterocycles. The van der Waals surface area contributed by atoms with E-state index in [0.717, 1.165) is 22.7 Å². The summed E-state index contributed by atoms with van der Waals surface area (Å²) in [6.45, 7) is 5.68. The fourth-order valence-corrected chi connectivity index (χ4v) is 6.20. The van der Waals surface area contributed by atoms with Gasteiger partial charge in [0, 0.05) is 23.1 Å². The summed E-state index contributed by atoms with van der Waals surface area (Å²) in [5, 5.41) is 3.91. The monoisotopic (exact) mass is 603 g/mol. The van der Waals surface area contributed by atoms with Crippen molar-refractivity contribution in [1.82, 2.24) is 10.2 Å². The number of nitrogens with one attached hydrogen (secondary N) is 1. The predicted octanol–water partition coefficient (Wildman–Crippen LogP) is 6.22. The fraction of sp³-hybridized carbons (Fsp3) is 0.333. The van der Waals surface area contributed by atoms with E-state index in [4.69, 9.17) is 23.2 Å². The number of carbonyl (C=O) groups is 2. The van der Waals surface area contributed by atoms with Crippen LogP contribution in [0, 0.1) is 6.92 Å². The molecule has 1 N–H and O–H groups in total. The first-order chi connectivity index (χ1) is 19.1. The lowest BCUT2D eigenvalue weighted by Gasteiger charge is -2.33. The van der Waals surface area contributed by atoms with Crippen LogP contribution in [0.1, 0.15) is 44.2 Å². The number of unbranched alkanes of at least 4 members (excludes halogenated alkanes) is 1. The molecule has 3 aromatic carbocycles. The van der Waals surface area contributed by atoms with Gasteiger partial charge in [-0.3, -0.25) is 13.9 Å². The zero-order valence-corrected chi connectivity index (χ0v) is 25.3. The van der Waals surface area contributed by atoms with Crippen LogP contribution in [-0.2, 0) is 26.2 Å². The zero-order valence-electron chi connectivity index (χ0n) is 22.9. The molecule has 0 aliphatic rings. The fourth-order valence-electron chi connectivity index (χ4n) is 4.34. The molecule has 0 aromatic heterocycles. The zero-order chi connectivity index (χ0) is 29.3. The molecule has 0 fully saturated rings. The topological polar surface area (TPSA) is 86.8 Å². The maximum absolute atomic E-state index is 14.1. The highest BCUT2D eigenvalue weighted by Crippen LogP contribution is 2.29. The Hall–Kier alpha value is -3.07. The second kappa shape index (κ2) is 14.5. The summed E-state index contributed by atoms with van der Waals surface area (Å²) in [5.74, 6) is -0.792. The number of halogens is 2. The first-order valence-corrected chi connectivity index (χ1v) is 15.4. The number of sulfonamides is 1. The molecule has 0 aliphatic carbocycles. The summed E-state index contributed by atoms with van der Waals surface area (Å²) in [5.41, 5.74) is 1.68. The van der Waals surface area contributed by atoms with Crippen molar-refractivity contribution in [1.29, 1.82) is 0 Å². The van der Waals surface area contributed by atoms with Crippen molar-refractivity contribution in [3.63, 3.8) is 0 Å². The van der Waals surface area contributed by atoms with Gasteiger partial charge in [-0.1, -0.05) is 73.8 Å². The lowest BCUT2D eigenvalue weighted by molar-refractivity contribution is -0.140. The van der Waals surface area contributed by atoms with Gasteiger partial charge in [-0.15, -0.1) is 0 Å². The molecule has 0 bridgehead atoms. The van der Waals surface area contributed by atoms with E-state index in [2.05, 4.69) is 5.32 Å². The van der Waals surface area contributed by atoms with Crippen molar-refractivity contribution >= 4 is 50.7 Å². The maximum Gasteiger partial charge on any atom is 0.264 e. The molecule has 0 saturated carbocycles. The molecule has 0 saturated heterocycles. The summed E-state index contributed by atoms with van der Waals surface area (Å²) in [6, 6.07) is 19.0. The van der Waals surface area contributed by atoms with E-state index in [1.807, 2.05) is 13.8 Å². The SMILES string of the molecule is CCCCNC(=O)[C@@H](CC)N(Cc1ccc(Cl)cc1)C(=O)CN(c1ccc(Cl)cc1C)S(=O)(=O)c1ccccc1. The molecular formula is C30H35Cl2N3O4S. The largest absolute Gasteiger partial charge is 0.354 e. The third-order valence-corrected chi connectivity index (χ3v) is 8.78. The Bertz CT molecular complexity index is 1400. The second-order valence-electron chi connectivity index (χ2n) is 9.47. The van der Waals surface area contributed by atoms with Gasteiger partial charge in [0.25, 0.3) is 10.0 Å². The van der Waals surface area contributed by atoms with E-state index in [1.165, 1.54) is 17.0 Å². The standard InChI is InChI=1S/C30H35Cl2N3O4S/c1-4-6-18-33-30(37)27(5-2)34(20-23-12-14-24(31)15-13-23)29(36)21-35(28-17-16-25(32)19-22(28)3)40(38,39)26-10-8-7-9-11-26/h7-17,19,27H,4-6,18,20-21H2,1-3H3,(H,33,37)/t27-/m1/s1. The van der Waals surface area contributed by atoms with Crippen LogP contribution in [0.25, 0.3) is 0 Å². The Labute approximate surface area is 247 Å². The summed E-state index contributed by atoms with van der Waals surface area (Å²) < 4.78 is 28.9. The van der Waals surface area contributed by atoms with E-state index in [-0.39, 0.29) is 17.3 Å². The molecule has 3 rings (SSSR count). The summed E-state index contributed by atoms with van der Waals surface area (Å²) in [4.78, 5) is 28.8. The van der Waals surface area contributed by atoms with Gasteiger partial charge in [-0.25, -0.2) is 8.42 Å². The van der Waals surface area contributed by atoms with Gasteiger partial charge in [-0.2, -0.15) is 0 Å². The highest BCUT2D eigenvalue weighted by molar-refractivity contribution is 7.92. The molecule has 0 spiro atoms.